The lowest BCUT2D eigenvalue weighted by Gasteiger charge is -2.07. The number of nitrogens with zero attached hydrogens (tertiary/aromatic N) is 2. The standard InChI is InChI=1S/C18H16F2N4O2/c19-12-2-1-3-13(20)15(12)11-6-14(11)24-18(26)17(25)23-10-7-21-16(22-8-10)9-4-5-9/h1-3,7-9,11,14H,4-6H2,(H,23,25)(H,24,26)/t11-,14+/m0/s1. The second kappa shape index (κ2) is 6.44. The largest absolute Gasteiger partial charge is 0.344 e. The lowest BCUT2D eigenvalue weighted by Crippen LogP contribution is -2.37. The zero-order valence-corrected chi connectivity index (χ0v) is 13.7. The van der Waals surface area contributed by atoms with Crippen molar-refractivity contribution in [3.05, 3.63) is 53.6 Å². The molecule has 2 N–H and O–H groups in total. The van der Waals surface area contributed by atoms with E-state index in [2.05, 4.69) is 20.6 Å². The zero-order valence-electron chi connectivity index (χ0n) is 13.7. The molecule has 1 heterocycles. The average Bonchev–Trinajstić information content (AvgIpc) is 3.51. The lowest BCUT2D eigenvalue weighted by atomic mass is 10.1. The van der Waals surface area contributed by atoms with Gasteiger partial charge in [-0.15, -0.1) is 0 Å². The molecule has 2 atom stereocenters. The number of hydrogen-bond acceptors (Lipinski definition) is 4. The van der Waals surface area contributed by atoms with Crippen LogP contribution in [0.4, 0.5) is 14.5 Å². The van der Waals surface area contributed by atoms with Crippen LogP contribution in [0.5, 0.6) is 0 Å². The first kappa shape index (κ1) is 16.6. The Hall–Kier alpha value is -2.90. The highest BCUT2D eigenvalue weighted by atomic mass is 19.1. The summed E-state index contributed by atoms with van der Waals surface area (Å²) in [4.78, 5) is 32.2. The molecule has 4 rings (SSSR count). The smallest absolute Gasteiger partial charge is 0.313 e. The molecule has 0 saturated heterocycles. The van der Waals surface area contributed by atoms with Gasteiger partial charge in [0.1, 0.15) is 17.5 Å². The maximum atomic E-state index is 13.7. The van der Waals surface area contributed by atoms with Gasteiger partial charge in [-0.3, -0.25) is 9.59 Å². The van der Waals surface area contributed by atoms with E-state index in [0.29, 0.717) is 18.0 Å². The monoisotopic (exact) mass is 358 g/mol. The summed E-state index contributed by atoms with van der Waals surface area (Å²) in [5, 5.41) is 4.91. The van der Waals surface area contributed by atoms with Gasteiger partial charge in [0.15, 0.2) is 0 Å². The number of nitrogens with one attached hydrogen (secondary N) is 2. The predicted octanol–water partition coefficient (Wildman–Crippen LogP) is 2.24. The Kier molecular flexibility index (Phi) is 4.10. The first-order chi connectivity index (χ1) is 12.5. The molecule has 2 amide bonds. The van der Waals surface area contributed by atoms with E-state index in [0.717, 1.165) is 18.7 Å². The minimum absolute atomic E-state index is 0.0535. The highest BCUT2D eigenvalue weighted by Crippen LogP contribution is 2.43. The van der Waals surface area contributed by atoms with E-state index >= 15 is 0 Å². The summed E-state index contributed by atoms with van der Waals surface area (Å²) in [6, 6.07) is 3.17. The Labute approximate surface area is 148 Å². The second-order valence-corrected chi connectivity index (χ2v) is 6.62. The van der Waals surface area contributed by atoms with Crippen molar-refractivity contribution >= 4 is 17.5 Å². The number of benzene rings is 1. The third-order valence-electron chi connectivity index (χ3n) is 4.56. The summed E-state index contributed by atoms with van der Waals surface area (Å²) < 4.78 is 27.5. The first-order valence-corrected chi connectivity index (χ1v) is 8.40. The Balaban J connectivity index is 1.33. The van der Waals surface area contributed by atoms with E-state index in [-0.39, 0.29) is 5.56 Å². The first-order valence-electron chi connectivity index (χ1n) is 8.40. The number of aromatic nitrogens is 2. The van der Waals surface area contributed by atoms with E-state index in [1.54, 1.807) is 0 Å². The highest BCUT2D eigenvalue weighted by molar-refractivity contribution is 6.39. The van der Waals surface area contributed by atoms with Gasteiger partial charge in [0.05, 0.1) is 18.1 Å². The van der Waals surface area contributed by atoms with Crippen LogP contribution in [0, 0.1) is 11.6 Å². The molecule has 2 saturated carbocycles. The maximum Gasteiger partial charge on any atom is 0.313 e. The summed E-state index contributed by atoms with van der Waals surface area (Å²) in [6.07, 6.45) is 5.44. The quantitative estimate of drug-likeness (QED) is 0.821. The van der Waals surface area contributed by atoms with E-state index in [1.165, 1.54) is 30.6 Å². The van der Waals surface area contributed by atoms with Crippen LogP contribution >= 0.6 is 0 Å². The second-order valence-electron chi connectivity index (χ2n) is 6.62. The fraction of sp³-hybridized carbons (Fsp3) is 0.333. The fourth-order valence-corrected chi connectivity index (χ4v) is 2.92. The summed E-state index contributed by atoms with van der Waals surface area (Å²) >= 11 is 0. The molecule has 2 aliphatic carbocycles. The molecule has 0 bridgehead atoms. The van der Waals surface area contributed by atoms with Gasteiger partial charge in [-0.05, 0) is 31.4 Å². The van der Waals surface area contributed by atoms with Crippen molar-refractivity contribution in [3.63, 3.8) is 0 Å². The predicted molar refractivity (Wildman–Crippen MR) is 88.3 cm³/mol. The van der Waals surface area contributed by atoms with Crippen molar-refractivity contribution < 1.29 is 18.4 Å². The average molecular weight is 358 g/mol. The highest BCUT2D eigenvalue weighted by Gasteiger charge is 2.43. The minimum Gasteiger partial charge on any atom is -0.344 e. The van der Waals surface area contributed by atoms with Crippen LogP contribution in [0.15, 0.2) is 30.6 Å². The van der Waals surface area contributed by atoms with E-state index < -0.39 is 35.4 Å². The van der Waals surface area contributed by atoms with Crippen LogP contribution in [0.2, 0.25) is 0 Å². The van der Waals surface area contributed by atoms with Crippen LogP contribution in [0.1, 0.15) is 42.5 Å². The molecule has 0 spiro atoms. The summed E-state index contributed by atoms with van der Waals surface area (Å²) in [7, 11) is 0. The molecule has 0 unspecified atom stereocenters. The van der Waals surface area contributed by atoms with Crippen LogP contribution in [-0.2, 0) is 9.59 Å². The van der Waals surface area contributed by atoms with Crippen molar-refractivity contribution in [2.24, 2.45) is 0 Å². The molecule has 2 fully saturated rings. The van der Waals surface area contributed by atoms with Gasteiger partial charge in [-0.2, -0.15) is 0 Å². The van der Waals surface area contributed by atoms with Crippen LogP contribution in [0.3, 0.4) is 0 Å². The third-order valence-corrected chi connectivity index (χ3v) is 4.56. The van der Waals surface area contributed by atoms with Crippen molar-refractivity contribution in [1.82, 2.24) is 15.3 Å². The van der Waals surface area contributed by atoms with Crippen molar-refractivity contribution in [3.8, 4) is 0 Å². The number of carbonyl (C=O) groups excluding carboxylic acids is 2. The van der Waals surface area contributed by atoms with Crippen LogP contribution in [-0.4, -0.2) is 27.8 Å². The van der Waals surface area contributed by atoms with Gasteiger partial charge in [-0.1, -0.05) is 6.07 Å². The van der Waals surface area contributed by atoms with Gasteiger partial charge in [0, 0.05) is 23.4 Å². The molecule has 2 aromatic rings. The number of rotatable bonds is 4. The minimum atomic E-state index is -0.868. The number of anilines is 1. The lowest BCUT2D eigenvalue weighted by molar-refractivity contribution is -0.136. The summed E-state index contributed by atoms with van der Waals surface area (Å²) in [6.45, 7) is 0. The number of amides is 2. The van der Waals surface area contributed by atoms with E-state index in [4.69, 9.17) is 0 Å². The Bertz CT molecular complexity index is 848. The van der Waals surface area contributed by atoms with Crippen LogP contribution < -0.4 is 10.6 Å². The van der Waals surface area contributed by atoms with Gasteiger partial charge in [-0.25, -0.2) is 18.7 Å². The Morgan fingerprint density at radius 3 is 2.31 bits per heavy atom. The molecule has 1 aromatic carbocycles. The van der Waals surface area contributed by atoms with Gasteiger partial charge < -0.3 is 10.6 Å². The van der Waals surface area contributed by atoms with Crippen molar-refractivity contribution in [2.75, 3.05) is 5.32 Å². The topological polar surface area (TPSA) is 84.0 Å². The number of halogens is 2. The van der Waals surface area contributed by atoms with Crippen LogP contribution in [0.25, 0.3) is 0 Å². The molecule has 8 heteroatoms. The number of carbonyl (C=O) groups is 2. The molecule has 134 valence electrons. The Morgan fingerprint density at radius 2 is 1.69 bits per heavy atom. The molecule has 0 aliphatic heterocycles. The normalized spacial score (nSPS) is 21.2. The number of hydrogen-bond donors (Lipinski definition) is 2. The molecule has 26 heavy (non-hydrogen) atoms. The zero-order chi connectivity index (χ0) is 18.3. The van der Waals surface area contributed by atoms with Crippen molar-refractivity contribution in [2.45, 2.75) is 37.1 Å². The van der Waals surface area contributed by atoms with Gasteiger partial charge in [0.25, 0.3) is 0 Å². The molecule has 1 aromatic heterocycles. The summed E-state index contributed by atoms with van der Waals surface area (Å²) in [5.41, 5.74) is 0.268. The molecule has 0 radical (unpaired) electrons. The fourth-order valence-electron chi connectivity index (χ4n) is 2.92. The third kappa shape index (κ3) is 3.40. The van der Waals surface area contributed by atoms with E-state index in [9.17, 15) is 18.4 Å². The van der Waals surface area contributed by atoms with Gasteiger partial charge in [0.2, 0.25) is 0 Å². The summed E-state index contributed by atoms with van der Waals surface area (Å²) in [5.74, 6) is -2.36. The van der Waals surface area contributed by atoms with Gasteiger partial charge >= 0.3 is 11.8 Å². The van der Waals surface area contributed by atoms with E-state index in [1.807, 2.05) is 0 Å². The molecule has 2 aliphatic rings. The Morgan fingerprint density at radius 1 is 1.04 bits per heavy atom. The van der Waals surface area contributed by atoms with Crippen molar-refractivity contribution in [1.29, 1.82) is 0 Å². The maximum absolute atomic E-state index is 13.7. The molecular weight excluding hydrogens is 342 g/mol. The molecule has 6 nitrogen and oxygen atoms in total. The molecular formula is C18H16F2N4O2. The SMILES string of the molecule is O=C(Nc1cnc(C2CC2)nc1)C(=O)N[C@@H]1C[C@@H]1c1c(F)cccc1F.